The summed E-state index contributed by atoms with van der Waals surface area (Å²) in [6.07, 6.45) is 10.00. The van der Waals surface area contributed by atoms with Crippen molar-refractivity contribution < 1.29 is 0 Å². The van der Waals surface area contributed by atoms with E-state index in [9.17, 15) is 0 Å². The lowest BCUT2D eigenvalue weighted by Gasteiger charge is -1.91. The van der Waals surface area contributed by atoms with E-state index in [0.29, 0.717) is 0 Å². The third-order valence-corrected chi connectivity index (χ3v) is 3.40. The van der Waals surface area contributed by atoms with Gasteiger partial charge in [-0.1, -0.05) is 58.6 Å². The molecule has 0 saturated heterocycles. The van der Waals surface area contributed by atoms with E-state index in [0.717, 1.165) is 0 Å². The molecule has 120 valence electrons. The first-order valence-corrected chi connectivity index (χ1v) is 8.55. The van der Waals surface area contributed by atoms with Crippen molar-refractivity contribution in [2.75, 3.05) is 0 Å². The predicted octanol–water partition coefficient (Wildman–Crippen LogP) is 8.09. The Balaban J connectivity index is -0.000000399. The maximum absolute atomic E-state index is 3.83. The van der Waals surface area contributed by atoms with Crippen molar-refractivity contribution in [1.29, 1.82) is 0 Å². The predicted molar refractivity (Wildman–Crippen MR) is 107 cm³/mol. The van der Waals surface area contributed by atoms with Gasteiger partial charge in [-0.2, -0.15) is 0 Å². The number of rotatable bonds is 3. The Kier molecular flexibility index (Phi) is 21.9. The monoisotopic (exact) mass is 306 g/mol. The first kappa shape index (κ1) is 24.7. The fourth-order valence-corrected chi connectivity index (χ4v) is 2.36. The molecule has 0 unspecified atom stereocenters. The van der Waals surface area contributed by atoms with Gasteiger partial charge in [-0.15, -0.1) is 17.9 Å². The molecule has 0 aromatic carbocycles. The summed E-state index contributed by atoms with van der Waals surface area (Å²) in [5, 5.41) is 0. The summed E-state index contributed by atoms with van der Waals surface area (Å²) in [5.41, 5.74) is 2.55. The molecule has 0 nitrogen and oxygen atoms in total. The van der Waals surface area contributed by atoms with E-state index in [1.165, 1.54) is 20.9 Å². The standard InChI is InChI=1S/C13H16S.C3H6.2C2H6/c1-5-8-12-11(7-3)9-13(14-12)10(4)6-2;1-3-2;2*1-2/h5-9H,3H2,1-2,4H3;3H,1H2,2H3;2*1-2H3/b8-5-,10-6+;;;. The van der Waals surface area contributed by atoms with Crippen molar-refractivity contribution in [3.05, 3.63) is 52.8 Å². The van der Waals surface area contributed by atoms with E-state index < -0.39 is 0 Å². The highest BCUT2D eigenvalue weighted by Gasteiger charge is 2.04. The van der Waals surface area contributed by atoms with Gasteiger partial charge in [0.25, 0.3) is 0 Å². The van der Waals surface area contributed by atoms with Crippen LogP contribution in [-0.2, 0) is 0 Å². The molecule has 1 heterocycles. The van der Waals surface area contributed by atoms with Crippen LogP contribution in [0.15, 0.2) is 37.5 Å². The van der Waals surface area contributed by atoms with Gasteiger partial charge in [-0.05, 0) is 51.0 Å². The second-order valence-corrected chi connectivity index (χ2v) is 4.60. The lowest BCUT2D eigenvalue weighted by atomic mass is 10.2. The summed E-state index contributed by atoms with van der Waals surface area (Å²) in [4.78, 5) is 2.62. The minimum atomic E-state index is 1.23. The van der Waals surface area contributed by atoms with Crippen LogP contribution in [0.25, 0.3) is 17.7 Å². The van der Waals surface area contributed by atoms with Gasteiger partial charge in [0.2, 0.25) is 0 Å². The SMILES string of the molecule is C=CC.C=Cc1cc(/C(C)=C/C)sc1/C=C\C.CC.CC. The highest BCUT2D eigenvalue weighted by molar-refractivity contribution is 7.14. The van der Waals surface area contributed by atoms with Crippen molar-refractivity contribution in [1.82, 2.24) is 0 Å². The first-order chi connectivity index (χ1) is 10.1. The van der Waals surface area contributed by atoms with Crippen LogP contribution in [0, 0.1) is 0 Å². The van der Waals surface area contributed by atoms with Crippen LogP contribution < -0.4 is 0 Å². The van der Waals surface area contributed by atoms with Crippen molar-refractivity contribution in [2.45, 2.75) is 55.4 Å². The van der Waals surface area contributed by atoms with Gasteiger partial charge in [0, 0.05) is 9.75 Å². The Morgan fingerprint density at radius 2 is 1.52 bits per heavy atom. The third kappa shape index (κ3) is 11.0. The molecule has 1 aromatic rings. The fourth-order valence-electron chi connectivity index (χ4n) is 1.20. The highest BCUT2D eigenvalue weighted by Crippen LogP contribution is 2.29. The van der Waals surface area contributed by atoms with Crippen LogP contribution in [0.3, 0.4) is 0 Å². The van der Waals surface area contributed by atoms with Crippen molar-refractivity contribution >= 4 is 29.1 Å². The lowest BCUT2D eigenvalue weighted by molar-refractivity contribution is 1.50. The molecule has 0 aliphatic carbocycles. The van der Waals surface area contributed by atoms with Crippen LogP contribution >= 0.6 is 11.3 Å². The average molecular weight is 307 g/mol. The number of thiophene rings is 1. The third-order valence-electron chi connectivity index (χ3n) is 2.15. The lowest BCUT2D eigenvalue weighted by Crippen LogP contribution is -1.68. The number of hydrogen-bond acceptors (Lipinski definition) is 1. The van der Waals surface area contributed by atoms with E-state index in [4.69, 9.17) is 0 Å². The van der Waals surface area contributed by atoms with Gasteiger partial charge >= 0.3 is 0 Å². The summed E-state index contributed by atoms with van der Waals surface area (Å²) in [6, 6.07) is 2.20. The zero-order chi connectivity index (χ0) is 17.3. The highest BCUT2D eigenvalue weighted by atomic mass is 32.1. The second-order valence-electron chi connectivity index (χ2n) is 3.51. The van der Waals surface area contributed by atoms with Crippen LogP contribution in [-0.4, -0.2) is 0 Å². The molecule has 0 aliphatic rings. The molecule has 1 aromatic heterocycles. The van der Waals surface area contributed by atoms with Gasteiger partial charge in [-0.25, -0.2) is 0 Å². The molecule has 0 N–H and O–H groups in total. The second kappa shape index (κ2) is 18.7. The van der Waals surface area contributed by atoms with Gasteiger partial charge in [0.05, 0.1) is 0 Å². The topological polar surface area (TPSA) is 0 Å². The molecular formula is C20H34S. The normalized spacial score (nSPS) is 9.43. The van der Waals surface area contributed by atoms with Gasteiger partial charge in [-0.3, -0.25) is 0 Å². The minimum absolute atomic E-state index is 1.23. The summed E-state index contributed by atoms with van der Waals surface area (Å²) in [5.74, 6) is 0. The van der Waals surface area contributed by atoms with E-state index in [-0.39, 0.29) is 0 Å². The zero-order valence-electron chi connectivity index (χ0n) is 15.3. The Morgan fingerprint density at radius 3 is 1.86 bits per heavy atom. The molecule has 0 saturated carbocycles. The van der Waals surface area contributed by atoms with E-state index in [1.807, 2.05) is 59.0 Å². The molecule has 0 bridgehead atoms. The number of hydrogen-bond donors (Lipinski definition) is 0. The van der Waals surface area contributed by atoms with Crippen molar-refractivity contribution in [3.8, 4) is 0 Å². The molecule has 0 radical (unpaired) electrons. The molecule has 0 atom stereocenters. The van der Waals surface area contributed by atoms with Crippen LogP contribution in [0.2, 0.25) is 0 Å². The quantitative estimate of drug-likeness (QED) is 0.495. The largest absolute Gasteiger partial charge is 0.136 e. The molecule has 1 heteroatoms. The Labute approximate surface area is 137 Å². The minimum Gasteiger partial charge on any atom is -0.136 e. The molecule has 0 aliphatic heterocycles. The summed E-state index contributed by atoms with van der Waals surface area (Å²) >= 11 is 1.81. The number of allylic oxidation sites excluding steroid dienone is 4. The maximum atomic E-state index is 3.83. The maximum Gasteiger partial charge on any atom is 0.0345 e. The van der Waals surface area contributed by atoms with Gasteiger partial charge in [0.15, 0.2) is 0 Å². The Morgan fingerprint density at radius 1 is 1.05 bits per heavy atom. The van der Waals surface area contributed by atoms with E-state index in [2.05, 4.69) is 51.3 Å². The first-order valence-electron chi connectivity index (χ1n) is 7.73. The smallest absolute Gasteiger partial charge is 0.0345 e. The van der Waals surface area contributed by atoms with Crippen molar-refractivity contribution in [3.63, 3.8) is 0 Å². The van der Waals surface area contributed by atoms with Gasteiger partial charge in [0.1, 0.15) is 0 Å². The Bertz CT molecular complexity index is 417. The molecular weight excluding hydrogens is 272 g/mol. The summed E-state index contributed by atoms with van der Waals surface area (Å²) in [7, 11) is 0. The fraction of sp³-hybridized carbons (Fsp3) is 0.400. The van der Waals surface area contributed by atoms with Crippen LogP contribution in [0.4, 0.5) is 0 Å². The summed E-state index contributed by atoms with van der Waals surface area (Å²) in [6.45, 7) is 23.3. The van der Waals surface area contributed by atoms with Crippen LogP contribution in [0.5, 0.6) is 0 Å². The van der Waals surface area contributed by atoms with Crippen molar-refractivity contribution in [2.24, 2.45) is 0 Å². The molecule has 0 spiro atoms. The zero-order valence-corrected chi connectivity index (χ0v) is 16.1. The average Bonchev–Trinajstić information content (AvgIpc) is 2.95. The van der Waals surface area contributed by atoms with E-state index in [1.54, 1.807) is 6.08 Å². The summed E-state index contributed by atoms with van der Waals surface area (Å²) < 4.78 is 0. The van der Waals surface area contributed by atoms with E-state index >= 15 is 0 Å². The molecule has 21 heavy (non-hydrogen) atoms. The molecule has 0 fully saturated rings. The molecule has 1 rings (SSSR count). The van der Waals surface area contributed by atoms with Gasteiger partial charge < -0.3 is 0 Å². The Hall–Kier alpha value is -1.34. The molecule has 0 amide bonds. The van der Waals surface area contributed by atoms with Crippen LogP contribution in [0.1, 0.15) is 70.7 Å².